The Morgan fingerprint density at radius 2 is 1.82 bits per heavy atom. The van der Waals surface area contributed by atoms with E-state index in [0.29, 0.717) is 12.8 Å². The molecule has 0 heterocycles. The highest BCUT2D eigenvalue weighted by Gasteiger charge is 2.20. The van der Waals surface area contributed by atoms with Crippen LogP contribution in [0.1, 0.15) is 40.0 Å². The largest absolute Gasteiger partial charge is 0.451 e. The Balaban J connectivity index is 3.87. The lowest BCUT2D eigenvalue weighted by atomic mass is 10.2. The maximum atomic E-state index is 11.2. The Hall–Kier alpha value is -1.43. The van der Waals surface area contributed by atoms with E-state index in [2.05, 4.69) is 4.74 Å². The number of esters is 3. The number of carbonyl (C=O) groups is 3. The summed E-state index contributed by atoms with van der Waals surface area (Å²) in [4.78, 5) is 32.8. The van der Waals surface area contributed by atoms with Crippen molar-refractivity contribution in [1.82, 2.24) is 0 Å². The average molecular weight is 246 g/mol. The van der Waals surface area contributed by atoms with Gasteiger partial charge >= 0.3 is 17.9 Å². The Bertz CT molecular complexity index is 284. The van der Waals surface area contributed by atoms with Crippen molar-refractivity contribution in [3.05, 3.63) is 0 Å². The van der Waals surface area contributed by atoms with Gasteiger partial charge in [0.15, 0.2) is 6.10 Å². The van der Waals surface area contributed by atoms with E-state index in [1.165, 1.54) is 6.92 Å². The van der Waals surface area contributed by atoms with Crippen LogP contribution in [0.15, 0.2) is 0 Å². The lowest BCUT2D eigenvalue weighted by molar-refractivity contribution is -0.172. The zero-order valence-electron chi connectivity index (χ0n) is 10.3. The van der Waals surface area contributed by atoms with Gasteiger partial charge in [0, 0.05) is 13.3 Å². The maximum absolute atomic E-state index is 11.2. The third-order valence-electron chi connectivity index (χ3n) is 1.89. The van der Waals surface area contributed by atoms with Gasteiger partial charge in [0.05, 0.1) is 6.10 Å². The number of ether oxygens (including phenoxy) is 2. The predicted molar refractivity (Wildman–Crippen MR) is 57.9 cm³/mol. The first-order valence-electron chi connectivity index (χ1n) is 5.42. The van der Waals surface area contributed by atoms with Gasteiger partial charge in [0.25, 0.3) is 0 Å². The van der Waals surface area contributed by atoms with Crippen molar-refractivity contribution in [2.45, 2.75) is 52.2 Å². The van der Waals surface area contributed by atoms with Crippen molar-refractivity contribution < 1.29 is 29.0 Å². The van der Waals surface area contributed by atoms with Gasteiger partial charge in [0.2, 0.25) is 0 Å². The number of hydrogen-bond acceptors (Lipinski definition) is 6. The first-order chi connectivity index (χ1) is 7.82. The van der Waals surface area contributed by atoms with Crippen LogP contribution < -0.4 is 0 Å². The molecule has 0 bridgehead atoms. The highest BCUT2D eigenvalue weighted by molar-refractivity contribution is 5.87. The van der Waals surface area contributed by atoms with E-state index in [0.717, 1.165) is 6.92 Å². The molecule has 6 heteroatoms. The molecule has 0 amide bonds. The molecule has 0 saturated heterocycles. The highest BCUT2D eigenvalue weighted by Crippen LogP contribution is 2.04. The molecule has 0 aromatic rings. The van der Waals surface area contributed by atoms with Crippen LogP contribution in [0.4, 0.5) is 0 Å². The number of hydrogen-bond donors (Lipinski definition) is 1. The molecule has 0 fully saturated rings. The molecule has 0 aliphatic heterocycles. The molecule has 0 aliphatic carbocycles. The van der Waals surface area contributed by atoms with Gasteiger partial charge < -0.3 is 14.6 Å². The van der Waals surface area contributed by atoms with Crippen LogP contribution in [0.5, 0.6) is 0 Å². The van der Waals surface area contributed by atoms with E-state index >= 15 is 0 Å². The summed E-state index contributed by atoms with van der Waals surface area (Å²) in [6, 6.07) is 0. The zero-order valence-corrected chi connectivity index (χ0v) is 10.3. The highest BCUT2D eigenvalue weighted by atomic mass is 16.6. The Morgan fingerprint density at radius 3 is 2.29 bits per heavy atom. The molecule has 98 valence electrons. The van der Waals surface area contributed by atoms with Gasteiger partial charge in [0.1, 0.15) is 0 Å². The van der Waals surface area contributed by atoms with Crippen LogP contribution in [-0.4, -0.2) is 35.2 Å². The van der Waals surface area contributed by atoms with E-state index < -0.39 is 30.1 Å². The average Bonchev–Trinajstić information content (AvgIpc) is 2.15. The topological polar surface area (TPSA) is 89.9 Å². The molecule has 0 radical (unpaired) electrons. The third-order valence-corrected chi connectivity index (χ3v) is 1.89. The second-order valence-electron chi connectivity index (χ2n) is 3.79. The van der Waals surface area contributed by atoms with Gasteiger partial charge in [-0.1, -0.05) is 0 Å². The summed E-state index contributed by atoms with van der Waals surface area (Å²) in [6.07, 6.45) is -0.490. The molecular weight excluding hydrogens is 228 g/mol. The summed E-state index contributed by atoms with van der Waals surface area (Å²) < 4.78 is 9.01. The second kappa shape index (κ2) is 7.78. The first kappa shape index (κ1) is 15.6. The van der Waals surface area contributed by atoms with Crippen molar-refractivity contribution in [1.29, 1.82) is 0 Å². The van der Waals surface area contributed by atoms with Gasteiger partial charge in [-0.15, -0.1) is 0 Å². The van der Waals surface area contributed by atoms with E-state index in [1.54, 1.807) is 6.92 Å². The summed E-state index contributed by atoms with van der Waals surface area (Å²) >= 11 is 0. The fourth-order valence-corrected chi connectivity index (χ4v) is 1.07. The third kappa shape index (κ3) is 8.38. The summed E-state index contributed by atoms with van der Waals surface area (Å²) in [5.41, 5.74) is 0. The molecule has 17 heavy (non-hydrogen) atoms. The fourth-order valence-electron chi connectivity index (χ4n) is 1.07. The first-order valence-corrected chi connectivity index (χ1v) is 5.42. The summed E-state index contributed by atoms with van der Waals surface area (Å²) in [5.74, 6) is -2.19. The minimum absolute atomic E-state index is 0.114. The number of aliphatic hydroxyl groups is 1. The van der Waals surface area contributed by atoms with E-state index in [9.17, 15) is 14.4 Å². The minimum Gasteiger partial charge on any atom is -0.451 e. The number of rotatable bonds is 6. The molecule has 0 aromatic heterocycles. The predicted octanol–water partition coefficient (Wildman–Crippen LogP) is 0.559. The number of aliphatic hydroxyl groups excluding tert-OH is 1. The SMILES string of the molecule is CC(=O)OC(=O)C(C)OC(=O)CCCC(C)O. The molecule has 6 nitrogen and oxygen atoms in total. The lowest BCUT2D eigenvalue weighted by Crippen LogP contribution is -2.27. The van der Waals surface area contributed by atoms with Gasteiger partial charge in [-0.05, 0) is 26.7 Å². The normalized spacial score (nSPS) is 13.6. The molecule has 0 aromatic carbocycles. The van der Waals surface area contributed by atoms with Crippen molar-refractivity contribution in [3.8, 4) is 0 Å². The smallest absolute Gasteiger partial charge is 0.354 e. The number of carbonyl (C=O) groups excluding carboxylic acids is 3. The summed E-state index contributed by atoms with van der Waals surface area (Å²) in [7, 11) is 0. The summed E-state index contributed by atoms with van der Waals surface area (Å²) in [5, 5.41) is 8.97. The summed E-state index contributed by atoms with van der Waals surface area (Å²) in [6.45, 7) is 4.05. The van der Waals surface area contributed by atoms with Crippen LogP contribution in [0.3, 0.4) is 0 Å². The molecule has 0 aliphatic rings. The molecular formula is C11H18O6. The minimum atomic E-state index is -1.10. The molecule has 0 spiro atoms. The van der Waals surface area contributed by atoms with Crippen molar-refractivity contribution in [3.63, 3.8) is 0 Å². The maximum Gasteiger partial charge on any atom is 0.354 e. The molecule has 1 N–H and O–H groups in total. The van der Waals surface area contributed by atoms with Crippen LogP contribution in [0.25, 0.3) is 0 Å². The van der Waals surface area contributed by atoms with E-state index in [4.69, 9.17) is 9.84 Å². The molecule has 2 atom stereocenters. The van der Waals surface area contributed by atoms with Crippen LogP contribution in [0, 0.1) is 0 Å². The van der Waals surface area contributed by atoms with Gasteiger partial charge in [-0.25, -0.2) is 4.79 Å². The molecule has 2 unspecified atom stereocenters. The van der Waals surface area contributed by atoms with E-state index in [1.807, 2.05) is 0 Å². The van der Waals surface area contributed by atoms with Gasteiger partial charge in [-0.3, -0.25) is 9.59 Å². The molecule has 0 rings (SSSR count). The second-order valence-corrected chi connectivity index (χ2v) is 3.79. The van der Waals surface area contributed by atoms with Crippen LogP contribution in [-0.2, 0) is 23.9 Å². The Morgan fingerprint density at radius 1 is 1.24 bits per heavy atom. The zero-order chi connectivity index (χ0) is 13.4. The fraction of sp³-hybridized carbons (Fsp3) is 0.727. The van der Waals surface area contributed by atoms with Crippen molar-refractivity contribution in [2.75, 3.05) is 0 Å². The van der Waals surface area contributed by atoms with Crippen LogP contribution in [0.2, 0.25) is 0 Å². The van der Waals surface area contributed by atoms with Gasteiger partial charge in [-0.2, -0.15) is 0 Å². The Kier molecular flexibility index (Phi) is 7.13. The van der Waals surface area contributed by atoms with E-state index in [-0.39, 0.29) is 6.42 Å². The van der Waals surface area contributed by atoms with Crippen molar-refractivity contribution in [2.24, 2.45) is 0 Å². The quantitative estimate of drug-likeness (QED) is 0.544. The lowest BCUT2D eigenvalue weighted by Gasteiger charge is -2.11. The van der Waals surface area contributed by atoms with Crippen LogP contribution >= 0.6 is 0 Å². The monoisotopic (exact) mass is 246 g/mol. The Labute approximate surface area is 99.9 Å². The standard InChI is InChI=1S/C11H18O6/c1-7(12)5-4-6-10(14)16-8(2)11(15)17-9(3)13/h7-8,12H,4-6H2,1-3H3. The van der Waals surface area contributed by atoms with Crippen molar-refractivity contribution >= 4 is 17.9 Å². The molecule has 0 saturated carbocycles.